The fourth-order valence-corrected chi connectivity index (χ4v) is 5.67. The van der Waals surface area contributed by atoms with E-state index in [9.17, 15) is 4.79 Å². The summed E-state index contributed by atoms with van der Waals surface area (Å²) in [5.41, 5.74) is 3.39. The summed E-state index contributed by atoms with van der Waals surface area (Å²) < 4.78 is 6.36. The summed E-state index contributed by atoms with van der Waals surface area (Å²) in [5.74, 6) is 1.71. The van der Waals surface area contributed by atoms with Crippen molar-refractivity contribution in [1.29, 1.82) is 0 Å². The summed E-state index contributed by atoms with van der Waals surface area (Å²) in [6.07, 6.45) is 0.475. The number of fused-ring (bicyclic) bond motifs is 1. The van der Waals surface area contributed by atoms with Crippen molar-refractivity contribution in [3.8, 4) is 5.75 Å². The molecule has 3 aromatic rings. The quantitative estimate of drug-likeness (QED) is 0.289. The van der Waals surface area contributed by atoms with Gasteiger partial charge in [-0.3, -0.25) is 9.69 Å². The molecule has 1 aromatic heterocycles. The number of aromatic nitrogens is 1. The Labute approximate surface area is 211 Å². The van der Waals surface area contributed by atoms with Crippen LogP contribution in [0.3, 0.4) is 0 Å². The number of carbonyl (C=O) groups excluding carboxylic acids is 1. The number of ether oxygens (including phenoxy) is 1. The summed E-state index contributed by atoms with van der Waals surface area (Å²) in [6, 6.07) is 12.3. The van der Waals surface area contributed by atoms with Gasteiger partial charge < -0.3 is 9.64 Å². The van der Waals surface area contributed by atoms with Gasteiger partial charge in [-0.05, 0) is 68.4 Å². The molecule has 8 heteroatoms. The predicted molar refractivity (Wildman–Crippen MR) is 145 cm³/mol. The van der Waals surface area contributed by atoms with Gasteiger partial charge in [0.25, 0.3) is 0 Å². The molecule has 180 valence electrons. The van der Waals surface area contributed by atoms with E-state index in [-0.39, 0.29) is 18.3 Å². The van der Waals surface area contributed by atoms with E-state index < -0.39 is 0 Å². The van der Waals surface area contributed by atoms with Crippen LogP contribution in [-0.4, -0.2) is 54.8 Å². The number of rotatable bonds is 11. The highest BCUT2D eigenvalue weighted by Gasteiger charge is 2.21. The summed E-state index contributed by atoms with van der Waals surface area (Å²) in [6.45, 7) is 12.0. The Bertz CT molecular complexity index is 1040. The van der Waals surface area contributed by atoms with E-state index in [0.717, 1.165) is 56.9 Å². The van der Waals surface area contributed by atoms with Gasteiger partial charge in [-0.1, -0.05) is 31.3 Å². The number of carbonyl (C=O) groups is 1. The number of amides is 1. The number of hydrogen-bond donors (Lipinski definition) is 0. The van der Waals surface area contributed by atoms with E-state index in [0.29, 0.717) is 13.0 Å². The summed E-state index contributed by atoms with van der Waals surface area (Å²) in [4.78, 5) is 23.5. The lowest BCUT2D eigenvalue weighted by atomic mass is 10.1. The second-order valence-electron chi connectivity index (χ2n) is 7.77. The highest BCUT2D eigenvalue weighted by molar-refractivity contribution is 7.99. The van der Waals surface area contributed by atoms with Crippen LogP contribution in [0.2, 0.25) is 0 Å². The lowest BCUT2D eigenvalue weighted by Crippen LogP contribution is -2.39. The van der Waals surface area contributed by atoms with Gasteiger partial charge in [0.2, 0.25) is 5.91 Å². The first-order valence-corrected chi connectivity index (χ1v) is 12.9. The third kappa shape index (κ3) is 7.34. The normalized spacial score (nSPS) is 11.0. The number of thioether (sulfide) groups is 1. The molecular formula is C25H34ClN3O2S2. The summed E-state index contributed by atoms with van der Waals surface area (Å²) in [5, 5.41) is 0.806. The molecule has 3 rings (SSSR count). The van der Waals surface area contributed by atoms with Gasteiger partial charge in [-0.15, -0.1) is 24.2 Å². The van der Waals surface area contributed by atoms with E-state index in [2.05, 4.69) is 44.7 Å². The Kier molecular flexibility index (Phi) is 11.0. The first-order valence-electron chi connectivity index (χ1n) is 11.1. The highest BCUT2D eigenvalue weighted by atomic mass is 35.5. The SMILES string of the molecule is CCN(CC)CCN(C(=O)CCSc1ccc(OC)cc1)c1nc2c(C)cc(C)cc2s1.Cl. The molecule has 33 heavy (non-hydrogen) atoms. The van der Waals surface area contributed by atoms with Crippen LogP contribution in [0.5, 0.6) is 5.75 Å². The van der Waals surface area contributed by atoms with Gasteiger partial charge in [0.1, 0.15) is 5.75 Å². The molecule has 0 saturated carbocycles. The third-order valence-corrected chi connectivity index (χ3v) is 7.57. The molecule has 0 fully saturated rings. The maximum absolute atomic E-state index is 13.3. The molecular weight excluding hydrogens is 474 g/mol. The van der Waals surface area contributed by atoms with E-state index in [1.807, 2.05) is 29.2 Å². The third-order valence-electron chi connectivity index (χ3n) is 5.53. The van der Waals surface area contributed by atoms with Crippen molar-refractivity contribution in [3.63, 3.8) is 0 Å². The molecule has 0 saturated heterocycles. The van der Waals surface area contributed by atoms with Crippen molar-refractivity contribution < 1.29 is 9.53 Å². The maximum atomic E-state index is 13.3. The van der Waals surface area contributed by atoms with E-state index in [4.69, 9.17) is 9.72 Å². The van der Waals surface area contributed by atoms with Crippen LogP contribution in [0.1, 0.15) is 31.4 Å². The summed E-state index contributed by atoms with van der Waals surface area (Å²) >= 11 is 3.31. The monoisotopic (exact) mass is 507 g/mol. The molecule has 2 aromatic carbocycles. The van der Waals surface area contributed by atoms with Gasteiger partial charge in [0, 0.05) is 30.2 Å². The van der Waals surface area contributed by atoms with Crippen LogP contribution in [0.15, 0.2) is 41.3 Å². The Morgan fingerprint density at radius 3 is 2.42 bits per heavy atom. The average Bonchev–Trinajstić information content (AvgIpc) is 3.21. The second kappa shape index (κ2) is 13.2. The fourth-order valence-electron chi connectivity index (χ4n) is 3.65. The molecule has 0 aliphatic rings. The standard InChI is InChI=1S/C25H33N3O2S2.ClH/c1-6-27(7-2)13-14-28(25-26-24-19(4)16-18(3)17-22(24)32-25)23(29)12-15-31-21-10-8-20(30-5)9-11-21;/h8-11,16-17H,6-7,12-15H2,1-5H3;1H. The van der Waals surface area contributed by atoms with Crippen LogP contribution < -0.4 is 9.64 Å². The zero-order chi connectivity index (χ0) is 23.1. The minimum atomic E-state index is 0. The van der Waals surface area contributed by atoms with Gasteiger partial charge in [0.15, 0.2) is 5.13 Å². The molecule has 0 unspecified atom stereocenters. The average molecular weight is 508 g/mol. The Balaban J connectivity index is 0.00000385. The molecule has 0 N–H and O–H groups in total. The van der Waals surface area contributed by atoms with Crippen molar-refractivity contribution in [2.24, 2.45) is 0 Å². The lowest BCUT2D eigenvalue weighted by Gasteiger charge is -2.24. The number of anilines is 1. The van der Waals surface area contributed by atoms with Crippen molar-refractivity contribution >= 4 is 56.8 Å². The molecule has 0 bridgehead atoms. The molecule has 0 aliphatic heterocycles. The number of aryl methyl sites for hydroxylation is 2. The van der Waals surface area contributed by atoms with Crippen molar-refractivity contribution in [3.05, 3.63) is 47.5 Å². The Morgan fingerprint density at radius 2 is 1.79 bits per heavy atom. The Hall–Kier alpha value is -1.80. The van der Waals surface area contributed by atoms with Gasteiger partial charge in [-0.2, -0.15) is 0 Å². The Morgan fingerprint density at radius 1 is 1.09 bits per heavy atom. The van der Waals surface area contributed by atoms with Gasteiger partial charge in [0.05, 0.1) is 17.3 Å². The minimum absolute atomic E-state index is 0. The van der Waals surface area contributed by atoms with Crippen LogP contribution >= 0.6 is 35.5 Å². The predicted octanol–water partition coefficient (Wildman–Crippen LogP) is 6.20. The van der Waals surface area contributed by atoms with Crippen LogP contribution in [0.4, 0.5) is 5.13 Å². The highest BCUT2D eigenvalue weighted by Crippen LogP contribution is 2.32. The minimum Gasteiger partial charge on any atom is -0.497 e. The number of hydrogen-bond acceptors (Lipinski definition) is 6. The molecule has 0 radical (unpaired) electrons. The van der Waals surface area contributed by atoms with Crippen molar-refractivity contribution in [1.82, 2.24) is 9.88 Å². The smallest absolute Gasteiger partial charge is 0.229 e. The van der Waals surface area contributed by atoms with Crippen molar-refractivity contribution in [2.75, 3.05) is 43.9 Å². The molecule has 0 aliphatic carbocycles. The molecule has 0 spiro atoms. The van der Waals surface area contributed by atoms with Crippen LogP contribution in [0.25, 0.3) is 10.2 Å². The van der Waals surface area contributed by atoms with E-state index in [1.165, 1.54) is 5.56 Å². The largest absolute Gasteiger partial charge is 0.497 e. The van der Waals surface area contributed by atoms with Crippen molar-refractivity contribution in [2.45, 2.75) is 39.0 Å². The number of likely N-dealkylation sites (N-methyl/N-ethyl adjacent to an activating group) is 1. The van der Waals surface area contributed by atoms with Gasteiger partial charge >= 0.3 is 0 Å². The number of methoxy groups -OCH3 is 1. The lowest BCUT2D eigenvalue weighted by molar-refractivity contribution is -0.118. The van der Waals surface area contributed by atoms with Crippen LogP contribution in [-0.2, 0) is 4.79 Å². The fraction of sp³-hybridized carbons (Fsp3) is 0.440. The molecule has 1 heterocycles. The summed E-state index contributed by atoms with van der Waals surface area (Å²) in [7, 11) is 1.67. The van der Waals surface area contributed by atoms with E-state index >= 15 is 0 Å². The molecule has 1 amide bonds. The first-order chi connectivity index (χ1) is 15.4. The zero-order valence-electron chi connectivity index (χ0n) is 20.1. The van der Waals surface area contributed by atoms with Gasteiger partial charge in [-0.25, -0.2) is 4.98 Å². The zero-order valence-corrected chi connectivity index (χ0v) is 22.5. The maximum Gasteiger partial charge on any atom is 0.229 e. The van der Waals surface area contributed by atoms with Crippen LogP contribution in [0, 0.1) is 13.8 Å². The number of halogens is 1. The molecule has 0 atom stereocenters. The number of thiazole rings is 1. The van der Waals surface area contributed by atoms with E-state index in [1.54, 1.807) is 30.2 Å². The molecule has 5 nitrogen and oxygen atoms in total. The number of benzene rings is 2. The number of nitrogens with zero attached hydrogens (tertiary/aromatic N) is 3. The topological polar surface area (TPSA) is 45.7 Å². The second-order valence-corrected chi connectivity index (χ2v) is 9.95. The first kappa shape index (κ1) is 27.4.